The van der Waals surface area contributed by atoms with Crippen molar-refractivity contribution in [3.8, 4) is 0 Å². The van der Waals surface area contributed by atoms with Gasteiger partial charge in [-0.3, -0.25) is 9.10 Å². The highest BCUT2D eigenvalue weighted by atomic mass is 32.2. The molecule has 4 aromatic rings. The molecule has 8 nitrogen and oxygen atoms in total. The molecule has 5 rings (SSSR count). The van der Waals surface area contributed by atoms with Crippen molar-refractivity contribution in [3.63, 3.8) is 0 Å². The molecule has 0 bridgehead atoms. The Morgan fingerprint density at radius 1 is 0.786 bits per heavy atom. The Bertz CT molecular complexity index is 1780. The van der Waals surface area contributed by atoms with E-state index >= 15 is 0 Å². The molecule has 0 aliphatic carbocycles. The van der Waals surface area contributed by atoms with Gasteiger partial charge in [-0.05, 0) is 79.6 Å². The fraction of sp³-hybridized carbons (Fsp3) is 0.133. The summed E-state index contributed by atoms with van der Waals surface area (Å²) in [4.78, 5) is 25.4. The van der Waals surface area contributed by atoms with Gasteiger partial charge >= 0.3 is 12.2 Å². The maximum atomic E-state index is 13.6. The molecule has 12 heteroatoms. The quantitative estimate of drug-likeness (QED) is 0.230. The summed E-state index contributed by atoms with van der Waals surface area (Å²) in [5.41, 5.74) is 1.26. The monoisotopic (exact) mass is 594 g/mol. The van der Waals surface area contributed by atoms with Crippen LogP contribution in [0.5, 0.6) is 0 Å². The number of halogens is 3. The summed E-state index contributed by atoms with van der Waals surface area (Å²) in [6.07, 6.45) is -3.97. The molecule has 1 aliphatic rings. The number of para-hydroxylation sites is 1. The standard InChI is InChI=1S/C30H25F3N4O4S/c1-19-15-20-7-2-3-14-27(20)37(19)42(40,41)26-13-4-8-21(16-26)28(38)34-24-11-6-12-25(18-24)36-29(39)35-23-10-5-9-22(17-23)30(31,32)33/h2-14,16-19H,15H2,1H3,(H,34,38)(H2,35,36,39). The van der Waals surface area contributed by atoms with E-state index < -0.39 is 33.7 Å². The molecule has 216 valence electrons. The van der Waals surface area contributed by atoms with E-state index in [-0.39, 0.29) is 27.9 Å². The van der Waals surface area contributed by atoms with E-state index in [2.05, 4.69) is 16.0 Å². The number of alkyl halides is 3. The Balaban J connectivity index is 1.28. The third-order valence-electron chi connectivity index (χ3n) is 6.62. The third-order valence-corrected chi connectivity index (χ3v) is 8.55. The van der Waals surface area contributed by atoms with Gasteiger partial charge in [0.2, 0.25) is 0 Å². The lowest BCUT2D eigenvalue weighted by molar-refractivity contribution is -0.137. The van der Waals surface area contributed by atoms with Gasteiger partial charge in [-0.1, -0.05) is 36.4 Å². The highest BCUT2D eigenvalue weighted by Crippen LogP contribution is 2.36. The second-order valence-electron chi connectivity index (χ2n) is 9.70. The molecule has 0 saturated heterocycles. The van der Waals surface area contributed by atoms with Crippen molar-refractivity contribution in [2.45, 2.75) is 30.5 Å². The zero-order valence-corrected chi connectivity index (χ0v) is 23.0. The molecule has 1 heterocycles. The highest BCUT2D eigenvalue weighted by molar-refractivity contribution is 7.92. The minimum Gasteiger partial charge on any atom is -0.322 e. The van der Waals surface area contributed by atoms with Crippen molar-refractivity contribution in [2.24, 2.45) is 0 Å². The van der Waals surface area contributed by atoms with Crippen LogP contribution in [-0.4, -0.2) is 26.4 Å². The van der Waals surface area contributed by atoms with E-state index in [4.69, 9.17) is 0 Å². The average Bonchev–Trinajstić information content (AvgIpc) is 3.29. The van der Waals surface area contributed by atoms with Crippen LogP contribution in [0.25, 0.3) is 0 Å². The van der Waals surface area contributed by atoms with Crippen LogP contribution in [0, 0.1) is 0 Å². The molecule has 1 unspecified atom stereocenters. The van der Waals surface area contributed by atoms with Crippen LogP contribution in [0.15, 0.2) is 102 Å². The number of sulfonamides is 1. The summed E-state index contributed by atoms with van der Waals surface area (Å²) >= 11 is 0. The summed E-state index contributed by atoms with van der Waals surface area (Å²) < 4.78 is 67.4. The summed E-state index contributed by atoms with van der Waals surface area (Å²) in [6.45, 7) is 1.83. The number of urea groups is 1. The summed E-state index contributed by atoms with van der Waals surface area (Å²) in [7, 11) is -3.95. The van der Waals surface area contributed by atoms with Crippen molar-refractivity contribution in [2.75, 3.05) is 20.3 Å². The number of nitrogens with one attached hydrogen (secondary N) is 3. The zero-order valence-electron chi connectivity index (χ0n) is 22.1. The fourth-order valence-electron chi connectivity index (χ4n) is 4.76. The lowest BCUT2D eigenvalue weighted by Gasteiger charge is -2.24. The number of hydrogen-bond acceptors (Lipinski definition) is 4. The van der Waals surface area contributed by atoms with Crippen molar-refractivity contribution in [1.29, 1.82) is 0 Å². The minimum absolute atomic E-state index is 0.0274. The molecular weight excluding hydrogens is 569 g/mol. The number of hydrogen-bond donors (Lipinski definition) is 3. The van der Waals surface area contributed by atoms with Gasteiger partial charge in [0.1, 0.15) is 0 Å². The SMILES string of the molecule is CC1Cc2ccccc2N1S(=O)(=O)c1cccc(C(=O)Nc2cccc(NC(=O)Nc3cccc(C(F)(F)F)c3)c2)c1. The van der Waals surface area contributed by atoms with Crippen LogP contribution < -0.4 is 20.3 Å². The van der Waals surface area contributed by atoms with Crippen LogP contribution in [0.4, 0.5) is 40.7 Å². The van der Waals surface area contributed by atoms with E-state index in [9.17, 15) is 31.2 Å². The molecule has 0 saturated carbocycles. The zero-order chi connectivity index (χ0) is 30.1. The van der Waals surface area contributed by atoms with Crippen molar-refractivity contribution in [3.05, 3.63) is 114 Å². The molecule has 0 radical (unpaired) electrons. The van der Waals surface area contributed by atoms with Gasteiger partial charge in [-0.2, -0.15) is 13.2 Å². The molecule has 3 amide bonds. The second-order valence-corrected chi connectivity index (χ2v) is 11.5. The van der Waals surface area contributed by atoms with Crippen molar-refractivity contribution >= 4 is 44.7 Å². The van der Waals surface area contributed by atoms with E-state index in [1.165, 1.54) is 52.8 Å². The van der Waals surface area contributed by atoms with Crippen LogP contribution in [0.1, 0.15) is 28.4 Å². The van der Waals surface area contributed by atoms with Gasteiger partial charge in [0, 0.05) is 28.7 Å². The average molecular weight is 595 g/mol. The topological polar surface area (TPSA) is 108 Å². The first-order valence-electron chi connectivity index (χ1n) is 12.8. The van der Waals surface area contributed by atoms with Gasteiger partial charge in [0.05, 0.1) is 16.1 Å². The summed E-state index contributed by atoms with van der Waals surface area (Å²) in [5, 5.41) is 7.52. The summed E-state index contributed by atoms with van der Waals surface area (Å²) in [5.74, 6) is -0.576. The Morgan fingerprint density at radius 3 is 2.12 bits per heavy atom. The Labute approximate surface area is 240 Å². The molecular formula is C30H25F3N4O4S. The maximum Gasteiger partial charge on any atom is 0.416 e. The maximum absolute atomic E-state index is 13.6. The molecule has 0 aromatic heterocycles. The predicted molar refractivity (Wildman–Crippen MR) is 154 cm³/mol. The number of anilines is 4. The first-order chi connectivity index (χ1) is 19.9. The number of carbonyl (C=O) groups excluding carboxylic acids is 2. The lowest BCUT2D eigenvalue weighted by atomic mass is 10.1. The molecule has 1 atom stereocenters. The Kier molecular flexibility index (Phi) is 7.65. The number of rotatable bonds is 6. The number of benzene rings is 4. The molecule has 1 aliphatic heterocycles. The Hall–Kier alpha value is -4.84. The van der Waals surface area contributed by atoms with Gasteiger partial charge in [-0.15, -0.1) is 0 Å². The highest BCUT2D eigenvalue weighted by Gasteiger charge is 2.36. The molecule has 42 heavy (non-hydrogen) atoms. The van der Waals surface area contributed by atoms with Crippen LogP contribution >= 0.6 is 0 Å². The van der Waals surface area contributed by atoms with E-state index in [1.54, 1.807) is 24.3 Å². The van der Waals surface area contributed by atoms with Crippen molar-refractivity contribution in [1.82, 2.24) is 0 Å². The number of amides is 3. The molecule has 0 fully saturated rings. The van der Waals surface area contributed by atoms with E-state index in [0.29, 0.717) is 17.8 Å². The van der Waals surface area contributed by atoms with E-state index in [0.717, 1.165) is 17.7 Å². The number of nitrogens with zero attached hydrogens (tertiary/aromatic N) is 1. The van der Waals surface area contributed by atoms with Crippen LogP contribution in [0.3, 0.4) is 0 Å². The predicted octanol–water partition coefficient (Wildman–Crippen LogP) is 6.74. The van der Waals surface area contributed by atoms with Crippen LogP contribution in [0.2, 0.25) is 0 Å². The van der Waals surface area contributed by atoms with E-state index in [1.807, 2.05) is 19.1 Å². The fourth-order valence-corrected chi connectivity index (χ4v) is 6.50. The van der Waals surface area contributed by atoms with Gasteiger partial charge in [-0.25, -0.2) is 13.2 Å². The number of fused-ring (bicyclic) bond motifs is 1. The van der Waals surface area contributed by atoms with Gasteiger partial charge in [0.15, 0.2) is 0 Å². The minimum atomic E-state index is -4.55. The Morgan fingerprint density at radius 2 is 1.40 bits per heavy atom. The lowest BCUT2D eigenvalue weighted by Crippen LogP contribution is -2.35. The number of carbonyl (C=O) groups is 2. The first-order valence-corrected chi connectivity index (χ1v) is 14.2. The summed E-state index contributed by atoms with van der Waals surface area (Å²) in [6, 6.07) is 22.3. The van der Waals surface area contributed by atoms with Gasteiger partial charge < -0.3 is 16.0 Å². The normalized spacial score (nSPS) is 14.7. The van der Waals surface area contributed by atoms with Gasteiger partial charge in [0.25, 0.3) is 15.9 Å². The largest absolute Gasteiger partial charge is 0.416 e. The smallest absolute Gasteiger partial charge is 0.322 e. The third kappa shape index (κ3) is 6.08. The second kappa shape index (κ2) is 11.2. The van der Waals surface area contributed by atoms with Crippen molar-refractivity contribution < 1.29 is 31.2 Å². The van der Waals surface area contributed by atoms with Crippen LogP contribution in [-0.2, 0) is 22.6 Å². The molecule has 0 spiro atoms. The first kappa shape index (κ1) is 28.7. The molecule has 3 N–H and O–H groups in total. The molecule has 4 aromatic carbocycles.